The van der Waals surface area contributed by atoms with Gasteiger partial charge in [0.15, 0.2) is 0 Å². The van der Waals surface area contributed by atoms with Crippen molar-refractivity contribution < 1.29 is 13.9 Å². The van der Waals surface area contributed by atoms with E-state index < -0.39 is 11.6 Å². The highest BCUT2D eigenvalue weighted by Gasteiger charge is 2.07. The number of pyridine rings is 1. The Hall–Kier alpha value is -2.23. The first-order valence-corrected chi connectivity index (χ1v) is 6.29. The fraction of sp³-hybridized carbons (Fsp3) is 0.188. The second-order valence-corrected chi connectivity index (χ2v) is 4.83. The van der Waals surface area contributed by atoms with E-state index >= 15 is 0 Å². The molecule has 0 atom stereocenters. The SMILES string of the molecule is CC(C)c1ncc(/C=C/c2ccc(F)cc2F)cc1O. The predicted molar refractivity (Wildman–Crippen MR) is 75.3 cm³/mol. The third kappa shape index (κ3) is 3.20. The maximum Gasteiger partial charge on any atom is 0.137 e. The van der Waals surface area contributed by atoms with E-state index in [1.54, 1.807) is 18.3 Å². The first kappa shape index (κ1) is 14.2. The molecule has 0 unspecified atom stereocenters. The molecule has 1 aromatic carbocycles. The number of hydrogen-bond acceptors (Lipinski definition) is 2. The average Bonchev–Trinajstić information content (AvgIpc) is 2.37. The van der Waals surface area contributed by atoms with Crippen molar-refractivity contribution in [3.8, 4) is 5.75 Å². The van der Waals surface area contributed by atoms with Crippen molar-refractivity contribution in [1.29, 1.82) is 0 Å². The average molecular weight is 275 g/mol. The second kappa shape index (κ2) is 5.82. The van der Waals surface area contributed by atoms with Crippen LogP contribution in [0.5, 0.6) is 5.75 Å². The quantitative estimate of drug-likeness (QED) is 0.902. The molecular weight excluding hydrogens is 260 g/mol. The van der Waals surface area contributed by atoms with Gasteiger partial charge in [0.1, 0.15) is 17.4 Å². The van der Waals surface area contributed by atoms with Gasteiger partial charge in [-0.1, -0.05) is 26.0 Å². The Morgan fingerprint density at radius 3 is 2.50 bits per heavy atom. The first-order valence-electron chi connectivity index (χ1n) is 6.29. The molecule has 4 heteroatoms. The van der Waals surface area contributed by atoms with Crippen LogP contribution < -0.4 is 0 Å². The summed E-state index contributed by atoms with van der Waals surface area (Å²) in [6, 6.07) is 4.95. The van der Waals surface area contributed by atoms with Crippen LogP contribution in [0.3, 0.4) is 0 Å². The molecule has 0 aliphatic heterocycles. The summed E-state index contributed by atoms with van der Waals surface area (Å²) in [5, 5.41) is 9.83. The van der Waals surface area contributed by atoms with Gasteiger partial charge in [0, 0.05) is 17.8 Å². The lowest BCUT2D eigenvalue weighted by atomic mass is 10.1. The van der Waals surface area contributed by atoms with Crippen molar-refractivity contribution >= 4 is 12.2 Å². The van der Waals surface area contributed by atoms with Gasteiger partial charge in [-0.25, -0.2) is 8.78 Å². The molecule has 1 heterocycles. The summed E-state index contributed by atoms with van der Waals surface area (Å²) in [6.07, 6.45) is 4.74. The minimum absolute atomic E-state index is 0.113. The van der Waals surface area contributed by atoms with Gasteiger partial charge in [-0.05, 0) is 29.7 Å². The summed E-state index contributed by atoms with van der Waals surface area (Å²) >= 11 is 0. The lowest BCUT2D eigenvalue weighted by molar-refractivity contribution is 0.460. The molecule has 0 spiro atoms. The molecule has 0 aliphatic rings. The normalized spacial score (nSPS) is 11.4. The molecule has 20 heavy (non-hydrogen) atoms. The molecule has 1 aromatic heterocycles. The van der Waals surface area contributed by atoms with Crippen LogP contribution in [0.2, 0.25) is 0 Å². The van der Waals surface area contributed by atoms with E-state index in [0.717, 1.165) is 6.07 Å². The monoisotopic (exact) mass is 275 g/mol. The highest BCUT2D eigenvalue weighted by Crippen LogP contribution is 2.24. The smallest absolute Gasteiger partial charge is 0.137 e. The standard InChI is InChI=1S/C16H15F2NO/c1-10(2)16-15(20)7-11(9-19-16)3-4-12-5-6-13(17)8-14(12)18/h3-10,20H,1-2H3/b4-3+. The van der Waals surface area contributed by atoms with Crippen molar-refractivity contribution in [1.82, 2.24) is 4.98 Å². The Morgan fingerprint density at radius 2 is 1.90 bits per heavy atom. The first-order chi connectivity index (χ1) is 9.47. The molecule has 2 nitrogen and oxygen atoms in total. The van der Waals surface area contributed by atoms with Crippen LogP contribution >= 0.6 is 0 Å². The van der Waals surface area contributed by atoms with E-state index in [1.807, 2.05) is 13.8 Å². The largest absolute Gasteiger partial charge is 0.506 e. The molecule has 0 aliphatic carbocycles. The van der Waals surface area contributed by atoms with Crippen molar-refractivity contribution in [2.24, 2.45) is 0 Å². The summed E-state index contributed by atoms with van der Waals surface area (Å²) < 4.78 is 26.2. The van der Waals surface area contributed by atoms with E-state index in [-0.39, 0.29) is 17.2 Å². The van der Waals surface area contributed by atoms with Gasteiger partial charge in [0.25, 0.3) is 0 Å². The zero-order valence-corrected chi connectivity index (χ0v) is 11.3. The van der Waals surface area contributed by atoms with Crippen LogP contribution in [0.25, 0.3) is 12.2 Å². The fourth-order valence-electron chi connectivity index (χ4n) is 1.84. The summed E-state index contributed by atoms with van der Waals surface area (Å²) in [7, 11) is 0. The van der Waals surface area contributed by atoms with Gasteiger partial charge in [-0.15, -0.1) is 0 Å². The van der Waals surface area contributed by atoms with Crippen LogP contribution in [0.4, 0.5) is 8.78 Å². The zero-order valence-electron chi connectivity index (χ0n) is 11.3. The Balaban J connectivity index is 2.25. The molecule has 2 aromatic rings. The van der Waals surface area contributed by atoms with Gasteiger partial charge in [0.2, 0.25) is 0 Å². The third-order valence-electron chi connectivity index (χ3n) is 2.88. The van der Waals surface area contributed by atoms with E-state index in [2.05, 4.69) is 4.98 Å². The van der Waals surface area contributed by atoms with Crippen molar-refractivity contribution in [2.45, 2.75) is 19.8 Å². The number of aromatic nitrogens is 1. The van der Waals surface area contributed by atoms with Gasteiger partial charge in [-0.3, -0.25) is 4.98 Å². The highest BCUT2D eigenvalue weighted by molar-refractivity contribution is 5.70. The summed E-state index contributed by atoms with van der Waals surface area (Å²) in [6.45, 7) is 3.87. The van der Waals surface area contributed by atoms with Gasteiger partial charge in [-0.2, -0.15) is 0 Å². The Kier molecular flexibility index (Phi) is 4.13. The highest BCUT2D eigenvalue weighted by atomic mass is 19.1. The zero-order chi connectivity index (χ0) is 14.7. The predicted octanol–water partition coefficient (Wildman–Crippen LogP) is 4.36. The minimum Gasteiger partial charge on any atom is -0.506 e. The Morgan fingerprint density at radius 1 is 1.15 bits per heavy atom. The number of hydrogen-bond donors (Lipinski definition) is 1. The lowest BCUT2D eigenvalue weighted by Gasteiger charge is -2.07. The summed E-state index contributed by atoms with van der Waals surface area (Å²) in [4.78, 5) is 4.17. The number of rotatable bonds is 3. The van der Waals surface area contributed by atoms with Crippen LogP contribution in [0, 0.1) is 11.6 Å². The van der Waals surface area contributed by atoms with Crippen LogP contribution in [-0.2, 0) is 0 Å². The molecule has 0 saturated carbocycles. The maximum absolute atomic E-state index is 13.4. The molecule has 2 rings (SSSR count). The Labute approximate surface area is 116 Å². The van der Waals surface area contributed by atoms with Gasteiger partial charge in [0.05, 0.1) is 5.69 Å². The third-order valence-corrected chi connectivity index (χ3v) is 2.88. The molecule has 1 N–H and O–H groups in total. The van der Waals surface area contributed by atoms with E-state index in [1.165, 1.54) is 18.2 Å². The van der Waals surface area contributed by atoms with E-state index in [9.17, 15) is 13.9 Å². The Bertz CT molecular complexity index is 651. The van der Waals surface area contributed by atoms with Crippen molar-refractivity contribution in [3.63, 3.8) is 0 Å². The van der Waals surface area contributed by atoms with Crippen molar-refractivity contribution in [3.05, 3.63) is 58.9 Å². The van der Waals surface area contributed by atoms with Crippen molar-refractivity contribution in [2.75, 3.05) is 0 Å². The lowest BCUT2D eigenvalue weighted by Crippen LogP contribution is -1.93. The van der Waals surface area contributed by atoms with Crippen LogP contribution in [-0.4, -0.2) is 10.1 Å². The summed E-state index contributed by atoms with van der Waals surface area (Å²) in [5.41, 5.74) is 1.55. The van der Waals surface area contributed by atoms with Gasteiger partial charge < -0.3 is 5.11 Å². The molecule has 104 valence electrons. The number of aromatic hydroxyl groups is 1. The molecule has 0 amide bonds. The second-order valence-electron chi connectivity index (χ2n) is 4.83. The molecular formula is C16H15F2NO. The number of nitrogens with zero attached hydrogens (tertiary/aromatic N) is 1. The number of halogens is 2. The number of benzene rings is 1. The molecule has 0 saturated heterocycles. The van der Waals surface area contributed by atoms with Gasteiger partial charge >= 0.3 is 0 Å². The van der Waals surface area contributed by atoms with Crippen LogP contribution in [0.15, 0.2) is 30.5 Å². The van der Waals surface area contributed by atoms with Crippen LogP contribution in [0.1, 0.15) is 36.6 Å². The maximum atomic E-state index is 13.4. The summed E-state index contributed by atoms with van der Waals surface area (Å²) in [5.74, 6) is -0.998. The molecule has 0 bridgehead atoms. The minimum atomic E-state index is -0.628. The fourth-order valence-corrected chi connectivity index (χ4v) is 1.84. The molecule has 0 radical (unpaired) electrons. The van der Waals surface area contributed by atoms with E-state index in [4.69, 9.17) is 0 Å². The van der Waals surface area contributed by atoms with E-state index in [0.29, 0.717) is 11.3 Å². The topological polar surface area (TPSA) is 33.1 Å². The molecule has 0 fully saturated rings.